The van der Waals surface area contributed by atoms with Gasteiger partial charge in [0.15, 0.2) is 5.96 Å². The molecule has 0 aliphatic heterocycles. The molecule has 1 aromatic carbocycles. The van der Waals surface area contributed by atoms with E-state index in [4.69, 9.17) is 10.5 Å². The summed E-state index contributed by atoms with van der Waals surface area (Å²) in [5, 5.41) is 3.10. The third kappa shape index (κ3) is 6.38. The number of pyridine rings is 1. The van der Waals surface area contributed by atoms with Gasteiger partial charge in [-0.15, -0.1) is 0 Å². The molecule has 3 N–H and O–H groups in total. The van der Waals surface area contributed by atoms with Gasteiger partial charge in [0.2, 0.25) is 0 Å². The van der Waals surface area contributed by atoms with Crippen LogP contribution in [0.3, 0.4) is 0 Å². The fourth-order valence-corrected chi connectivity index (χ4v) is 2.04. The van der Waals surface area contributed by atoms with Gasteiger partial charge in [0.05, 0.1) is 12.6 Å². The van der Waals surface area contributed by atoms with Gasteiger partial charge in [0.25, 0.3) is 0 Å². The molecule has 0 amide bonds. The lowest BCUT2D eigenvalue weighted by atomic mass is 10.2. The predicted octanol–water partition coefficient (Wildman–Crippen LogP) is 2.52. The lowest BCUT2D eigenvalue weighted by Crippen LogP contribution is -2.33. The van der Waals surface area contributed by atoms with Crippen molar-refractivity contribution in [2.24, 2.45) is 10.7 Å². The average Bonchev–Trinajstić information content (AvgIpc) is 2.55. The number of ether oxygens (including phenoxy) is 1. The molecule has 2 aromatic rings. The largest absolute Gasteiger partial charge is 0.491 e. The molecule has 0 fully saturated rings. The van der Waals surface area contributed by atoms with E-state index in [1.54, 1.807) is 6.20 Å². The first-order valence-electron chi connectivity index (χ1n) is 7.83. The van der Waals surface area contributed by atoms with E-state index in [0.717, 1.165) is 23.4 Å². The summed E-state index contributed by atoms with van der Waals surface area (Å²) in [5.41, 5.74) is 8.00. The highest BCUT2D eigenvalue weighted by molar-refractivity contribution is 5.77. The van der Waals surface area contributed by atoms with Crippen molar-refractivity contribution < 1.29 is 4.74 Å². The first-order chi connectivity index (χ1) is 11.1. The fourth-order valence-electron chi connectivity index (χ4n) is 2.04. The molecule has 0 aliphatic carbocycles. The molecule has 122 valence electrons. The summed E-state index contributed by atoms with van der Waals surface area (Å²) in [4.78, 5) is 8.60. The molecule has 2 rings (SSSR count). The van der Waals surface area contributed by atoms with Crippen LogP contribution in [0, 0.1) is 0 Å². The van der Waals surface area contributed by atoms with Crippen LogP contribution >= 0.6 is 0 Å². The van der Waals surface area contributed by atoms with Crippen molar-refractivity contribution in [1.29, 1.82) is 0 Å². The zero-order chi connectivity index (χ0) is 16.5. The summed E-state index contributed by atoms with van der Waals surface area (Å²) in [6.45, 7) is 5.28. The van der Waals surface area contributed by atoms with Crippen molar-refractivity contribution in [3.05, 3.63) is 59.9 Å². The number of nitrogens with one attached hydrogen (secondary N) is 1. The summed E-state index contributed by atoms with van der Waals surface area (Å²) in [6.07, 6.45) is 2.79. The highest BCUT2D eigenvalue weighted by Gasteiger charge is 1.99. The minimum absolute atomic E-state index is 0.179. The summed E-state index contributed by atoms with van der Waals surface area (Å²) in [5.74, 6) is 1.32. The van der Waals surface area contributed by atoms with Crippen LogP contribution in [-0.2, 0) is 13.0 Å². The van der Waals surface area contributed by atoms with Gasteiger partial charge in [-0.3, -0.25) is 4.98 Å². The number of nitrogens with zero attached hydrogens (tertiary/aromatic N) is 2. The molecule has 0 saturated heterocycles. The maximum atomic E-state index is 5.88. The Bertz CT molecular complexity index is 609. The second-order valence-electron chi connectivity index (χ2n) is 5.51. The smallest absolute Gasteiger partial charge is 0.188 e. The van der Waals surface area contributed by atoms with Gasteiger partial charge in [-0.05, 0) is 43.7 Å². The normalized spacial score (nSPS) is 11.5. The molecule has 0 radical (unpaired) electrons. The molecule has 0 unspecified atom stereocenters. The molecular weight excluding hydrogens is 288 g/mol. The number of rotatable bonds is 7. The molecule has 0 saturated carbocycles. The van der Waals surface area contributed by atoms with E-state index in [0.29, 0.717) is 19.0 Å². The molecule has 1 heterocycles. The van der Waals surface area contributed by atoms with Crippen LogP contribution in [0.1, 0.15) is 25.1 Å². The van der Waals surface area contributed by atoms with Crippen molar-refractivity contribution in [2.45, 2.75) is 32.9 Å². The maximum absolute atomic E-state index is 5.88. The number of benzene rings is 1. The van der Waals surface area contributed by atoms with Crippen LogP contribution in [0.5, 0.6) is 5.75 Å². The number of aliphatic imine (C=N–C) groups is 1. The van der Waals surface area contributed by atoms with Crippen LogP contribution in [0.15, 0.2) is 53.7 Å². The fraction of sp³-hybridized carbons (Fsp3) is 0.333. The number of hydrogen-bond donors (Lipinski definition) is 2. The van der Waals surface area contributed by atoms with Gasteiger partial charge in [-0.2, -0.15) is 0 Å². The molecule has 0 aliphatic rings. The van der Waals surface area contributed by atoms with Gasteiger partial charge >= 0.3 is 0 Å². The Morgan fingerprint density at radius 3 is 2.65 bits per heavy atom. The molecule has 1 aromatic heterocycles. The van der Waals surface area contributed by atoms with E-state index in [-0.39, 0.29) is 6.10 Å². The number of nitrogens with two attached hydrogens (primary N) is 1. The summed E-state index contributed by atoms with van der Waals surface area (Å²) in [6, 6.07) is 13.8. The third-order valence-corrected chi connectivity index (χ3v) is 3.14. The minimum atomic E-state index is 0.179. The quantitative estimate of drug-likeness (QED) is 0.608. The van der Waals surface area contributed by atoms with Gasteiger partial charge < -0.3 is 15.8 Å². The first kappa shape index (κ1) is 16.8. The molecular formula is C18H24N4O. The van der Waals surface area contributed by atoms with Crippen molar-refractivity contribution in [3.8, 4) is 5.75 Å². The minimum Gasteiger partial charge on any atom is -0.491 e. The second-order valence-corrected chi connectivity index (χ2v) is 5.51. The Kier molecular flexibility index (Phi) is 6.41. The Morgan fingerprint density at radius 2 is 2.00 bits per heavy atom. The Balaban J connectivity index is 1.75. The average molecular weight is 312 g/mol. The Labute approximate surface area is 137 Å². The van der Waals surface area contributed by atoms with E-state index in [9.17, 15) is 0 Å². The standard InChI is InChI=1S/C18H24N4O/c1-14(2)23-17-8-6-15(7-9-17)13-22-18(19)21-12-10-16-5-3-4-11-20-16/h3-9,11,14H,10,12-13H2,1-2H3,(H3,19,21,22). The SMILES string of the molecule is CC(C)Oc1ccc(CN=C(N)NCCc2ccccn2)cc1. The Morgan fingerprint density at radius 1 is 1.22 bits per heavy atom. The third-order valence-electron chi connectivity index (χ3n) is 3.14. The topological polar surface area (TPSA) is 72.5 Å². The molecule has 0 atom stereocenters. The van der Waals surface area contributed by atoms with Crippen LogP contribution in [0.4, 0.5) is 0 Å². The van der Waals surface area contributed by atoms with Crippen molar-refractivity contribution in [2.75, 3.05) is 6.54 Å². The van der Waals surface area contributed by atoms with Crippen LogP contribution in [0.2, 0.25) is 0 Å². The van der Waals surface area contributed by atoms with E-state index >= 15 is 0 Å². The predicted molar refractivity (Wildman–Crippen MR) is 93.5 cm³/mol. The maximum Gasteiger partial charge on any atom is 0.188 e. The van der Waals surface area contributed by atoms with E-state index in [2.05, 4.69) is 15.3 Å². The lowest BCUT2D eigenvalue weighted by Gasteiger charge is -2.09. The van der Waals surface area contributed by atoms with Crippen molar-refractivity contribution in [1.82, 2.24) is 10.3 Å². The van der Waals surface area contributed by atoms with E-state index in [1.165, 1.54) is 0 Å². The van der Waals surface area contributed by atoms with Crippen molar-refractivity contribution >= 4 is 5.96 Å². The highest BCUT2D eigenvalue weighted by Crippen LogP contribution is 2.14. The molecule has 0 bridgehead atoms. The second kappa shape index (κ2) is 8.78. The molecule has 23 heavy (non-hydrogen) atoms. The Hall–Kier alpha value is -2.56. The van der Waals surface area contributed by atoms with Crippen LogP contribution in [0.25, 0.3) is 0 Å². The zero-order valence-electron chi connectivity index (χ0n) is 13.7. The summed E-state index contributed by atoms with van der Waals surface area (Å²) < 4.78 is 5.61. The lowest BCUT2D eigenvalue weighted by molar-refractivity contribution is 0.242. The molecule has 5 heteroatoms. The number of guanidine groups is 1. The number of aromatic nitrogens is 1. The van der Waals surface area contributed by atoms with Gasteiger partial charge in [0, 0.05) is 24.9 Å². The molecule has 5 nitrogen and oxygen atoms in total. The zero-order valence-corrected chi connectivity index (χ0v) is 13.7. The monoisotopic (exact) mass is 312 g/mol. The summed E-state index contributed by atoms with van der Waals surface area (Å²) >= 11 is 0. The van der Waals surface area contributed by atoms with Gasteiger partial charge in [-0.25, -0.2) is 4.99 Å². The molecule has 0 spiro atoms. The highest BCUT2D eigenvalue weighted by atomic mass is 16.5. The van der Waals surface area contributed by atoms with Crippen LogP contribution < -0.4 is 15.8 Å². The van der Waals surface area contributed by atoms with E-state index in [1.807, 2.05) is 56.3 Å². The van der Waals surface area contributed by atoms with Crippen molar-refractivity contribution in [3.63, 3.8) is 0 Å². The number of hydrogen-bond acceptors (Lipinski definition) is 3. The van der Waals surface area contributed by atoms with Gasteiger partial charge in [0.1, 0.15) is 5.75 Å². The van der Waals surface area contributed by atoms with Crippen LogP contribution in [-0.4, -0.2) is 23.6 Å². The first-order valence-corrected chi connectivity index (χ1v) is 7.83. The van der Waals surface area contributed by atoms with E-state index < -0.39 is 0 Å². The van der Waals surface area contributed by atoms with Gasteiger partial charge in [-0.1, -0.05) is 18.2 Å². The summed E-state index contributed by atoms with van der Waals surface area (Å²) in [7, 11) is 0.